The Labute approximate surface area is 143 Å². The van der Waals surface area contributed by atoms with Crippen LogP contribution >= 0.6 is 0 Å². The second-order valence-electron chi connectivity index (χ2n) is 6.80. The van der Waals surface area contributed by atoms with Gasteiger partial charge in [-0.2, -0.15) is 0 Å². The molecule has 1 unspecified atom stereocenters. The highest BCUT2D eigenvalue weighted by Crippen LogP contribution is 2.12. The summed E-state index contributed by atoms with van der Waals surface area (Å²) in [7, 11) is 0. The van der Waals surface area contributed by atoms with Gasteiger partial charge < -0.3 is 9.64 Å². The van der Waals surface area contributed by atoms with Gasteiger partial charge in [0.2, 0.25) is 5.91 Å². The fourth-order valence-electron chi connectivity index (χ4n) is 2.46. The quantitative estimate of drug-likeness (QED) is 0.368. The van der Waals surface area contributed by atoms with Crippen molar-refractivity contribution in [2.75, 3.05) is 13.2 Å². The monoisotopic (exact) mass is 327 g/mol. The second-order valence-corrected chi connectivity index (χ2v) is 6.80. The number of unbranched alkanes of at least 4 members (excludes halogenated alkanes) is 5. The van der Waals surface area contributed by atoms with Crippen LogP contribution in [0.1, 0.15) is 86.0 Å². The van der Waals surface area contributed by atoms with Crippen LogP contribution in [-0.4, -0.2) is 36.0 Å². The van der Waals surface area contributed by atoms with Gasteiger partial charge in [-0.25, -0.2) is 4.79 Å². The van der Waals surface area contributed by atoms with E-state index in [1.807, 2.05) is 0 Å². The van der Waals surface area contributed by atoms with Crippen molar-refractivity contribution < 1.29 is 14.3 Å². The average Bonchev–Trinajstić information content (AvgIpc) is 2.51. The molecule has 0 spiro atoms. The standard InChI is InChI=1S/C19H37NO3/c1-6-8-10-11-12-13-18(21)20(15-16(3)4)17(5)19(22)23-14-9-7-2/h16-17H,6-15H2,1-5H3. The Balaban J connectivity index is 4.46. The van der Waals surface area contributed by atoms with Crippen LogP contribution in [0.5, 0.6) is 0 Å². The number of hydrogen-bond donors (Lipinski definition) is 0. The normalized spacial score (nSPS) is 12.3. The molecular weight excluding hydrogens is 290 g/mol. The van der Waals surface area contributed by atoms with Crippen LogP contribution in [0.2, 0.25) is 0 Å². The number of hydrogen-bond acceptors (Lipinski definition) is 3. The molecule has 4 heteroatoms. The van der Waals surface area contributed by atoms with E-state index in [1.165, 1.54) is 19.3 Å². The van der Waals surface area contributed by atoms with E-state index >= 15 is 0 Å². The smallest absolute Gasteiger partial charge is 0.328 e. The number of carbonyl (C=O) groups excluding carboxylic acids is 2. The van der Waals surface area contributed by atoms with E-state index in [0.717, 1.165) is 25.7 Å². The van der Waals surface area contributed by atoms with E-state index in [2.05, 4.69) is 27.7 Å². The maximum absolute atomic E-state index is 12.5. The lowest BCUT2D eigenvalue weighted by Crippen LogP contribution is -2.45. The van der Waals surface area contributed by atoms with E-state index in [1.54, 1.807) is 11.8 Å². The summed E-state index contributed by atoms with van der Waals surface area (Å²) in [5.41, 5.74) is 0. The minimum absolute atomic E-state index is 0.0788. The summed E-state index contributed by atoms with van der Waals surface area (Å²) in [4.78, 5) is 26.4. The predicted molar refractivity (Wildman–Crippen MR) is 95.3 cm³/mol. The molecule has 23 heavy (non-hydrogen) atoms. The summed E-state index contributed by atoms with van der Waals surface area (Å²) >= 11 is 0. The number of amides is 1. The van der Waals surface area contributed by atoms with Gasteiger partial charge in [0.25, 0.3) is 0 Å². The SMILES string of the molecule is CCCCCCCC(=O)N(CC(C)C)C(C)C(=O)OCCCC. The van der Waals surface area contributed by atoms with Crippen molar-refractivity contribution in [3.05, 3.63) is 0 Å². The summed E-state index contributed by atoms with van der Waals surface area (Å²) < 4.78 is 5.28. The van der Waals surface area contributed by atoms with Gasteiger partial charge in [0.1, 0.15) is 6.04 Å². The zero-order valence-corrected chi connectivity index (χ0v) is 15.9. The summed E-state index contributed by atoms with van der Waals surface area (Å²) in [6.07, 6.45) is 8.00. The highest BCUT2D eigenvalue weighted by atomic mass is 16.5. The van der Waals surface area contributed by atoms with Crippen molar-refractivity contribution in [2.45, 2.75) is 92.0 Å². The van der Waals surface area contributed by atoms with Gasteiger partial charge >= 0.3 is 5.97 Å². The minimum atomic E-state index is -0.489. The fraction of sp³-hybridized carbons (Fsp3) is 0.895. The Kier molecular flexibility index (Phi) is 12.8. The van der Waals surface area contributed by atoms with Crippen LogP contribution in [0.15, 0.2) is 0 Å². The van der Waals surface area contributed by atoms with Gasteiger partial charge in [-0.05, 0) is 25.7 Å². The largest absolute Gasteiger partial charge is 0.464 e. The van der Waals surface area contributed by atoms with Gasteiger partial charge in [0.05, 0.1) is 6.61 Å². The average molecular weight is 328 g/mol. The van der Waals surface area contributed by atoms with Gasteiger partial charge in [-0.1, -0.05) is 59.8 Å². The van der Waals surface area contributed by atoms with Crippen LogP contribution < -0.4 is 0 Å². The molecule has 1 amide bonds. The Bertz CT molecular complexity index is 329. The Hall–Kier alpha value is -1.06. The molecule has 136 valence electrons. The lowest BCUT2D eigenvalue weighted by atomic mass is 10.1. The van der Waals surface area contributed by atoms with Crippen LogP contribution in [0.3, 0.4) is 0 Å². The number of esters is 1. The third-order valence-electron chi connectivity index (χ3n) is 3.93. The molecule has 0 saturated heterocycles. The number of carbonyl (C=O) groups is 2. The topological polar surface area (TPSA) is 46.6 Å². The second kappa shape index (κ2) is 13.4. The van der Waals surface area contributed by atoms with E-state index < -0.39 is 6.04 Å². The molecule has 0 saturated carbocycles. The molecule has 0 aliphatic heterocycles. The van der Waals surface area contributed by atoms with Crippen molar-refractivity contribution in [1.82, 2.24) is 4.90 Å². The van der Waals surface area contributed by atoms with Crippen LogP contribution in [0.25, 0.3) is 0 Å². The maximum atomic E-state index is 12.5. The molecule has 0 aliphatic carbocycles. The van der Waals surface area contributed by atoms with Crippen molar-refractivity contribution in [3.63, 3.8) is 0 Å². The highest BCUT2D eigenvalue weighted by Gasteiger charge is 2.27. The predicted octanol–water partition coefficient (Wildman–Crippen LogP) is 4.56. The zero-order chi connectivity index (χ0) is 17.7. The first-order valence-corrected chi connectivity index (χ1v) is 9.40. The van der Waals surface area contributed by atoms with Gasteiger partial charge in [-0.15, -0.1) is 0 Å². The molecule has 0 bridgehead atoms. The first kappa shape index (κ1) is 21.9. The first-order valence-electron chi connectivity index (χ1n) is 9.40. The van der Waals surface area contributed by atoms with Crippen molar-refractivity contribution >= 4 is 11.9 Å². The van der Waals surface area contributed by atoms with E-state index in [4.69, 9.17) is 4.74 Å². The molecule has 0 heterocycles. The fourth-order valence-corrected chi connectivity index (χ4v) is 2.46. The Morgan fingerprint density at radius 2 is 1.52 bits per heavy atom. The zero-order valence-electron chi connectivity index (χ0n) is 15.9. The lowest BCUT2D eigenvalue weighted by Gasteiger charge is -2.29. The molecule has 0 aromatic heterocycles. The molecule has 0 N–H and O–H groups in total. The highest BCUT2D eigenvalue weighted by molar-refractivity contribution is 5.84. The van der Waals surface area contributed by atoms with Gasteiger partial charge in [0.15, 0.2) is 0 Å². The molecule has 0 aliphatic rings. The Morgan fingerprint density at radius 1 is 0.913 bits per heavy atom. The van der Waals surface area contributed by atoms with Crippen molar-refractivity contribution in [1.29, 1.82) is 0 Å². The van der Waals surface area contributed by atoms with Crippen LogP contribution in [0, 0.1) is 5.92 Å². The van der Waals surface area contributed by atoms with Crippen molar-refractivity contribution in [2.24, 2.45) is 5.92 Å². The number of rotatable bonds is 13. The summed E-state index contributed by atoms with van der Waals surface area (Å²) in [6, 6.07) is -0.489. The van der Waals surface area contributed by atoms with Crippen LogP contribution in [-0.2, 0) is 14.3 Å². The van der Waals surface area contributed by atoms with E-state index in [0.29, 0.717) is 25.5 Å². The van der Waals surface area contributed by atoms with Gasteiger partial charge in [-0.3, -0.25) is 4.79 Å². The molecule has 0 rings (SSSR count). The summed E-state index contributed by atoms with van der Waals surface area (Å²) in [6.45, 7) is 11.2. The molecular formula is C19H37NO3. The molecule has 1 atom stereocenters. The van der Waals surface area contributed by atoms with E-state index in [-0.39, 0.29) is 11.9 Å². The summed E-state index contributed by atoms with van der Waals surface area (Å²) in [5.74, 6) is 0.138. The minimum Gasteiger partial charge on any atom is -0.464 e. The van der Waals surface area contributed by atoms with Crippen molar-refractivity contribution in [3.8, 4) is 0 Å². The third kappa shape index (κ3) is 10.4. The summed E-state index contributed by atoms with van der Waals surface area (Å²) in [5, 5.41) is 0. The first-order chi connectivity index (χ1) is 10.9. The Morgan fingerprint density at radius 3 is 2.09 bits per heavy atom. The molecule has 0 aromatic rings. The molecule has 0 radical (unpaired) electrons. The lowest BCUT2D eigenvalue weighted by molar-refractivity contribution is -0.155. The molecule has 0 aromatic carbocycles. The van der Waals surface area contributed by atoms with E-state index in [9.17, 15) is 9.59 Å². The number of nitrogens with zero attached hydrogens (tertiary/aromatic N) is 1. The van der Waals surface area contributed by atoms with Gasteiger partial charge in [0, 0.05) is 13.0 Å². The van der Waals surface area contributed by atoms with Crippen LogP contribution in [0.4, 0.5) is 0 Å². The third-order valence-corrected chi connectivity index (χ3v) is 3.93. The molecule has 4 nitrogen and oxygen atoms in total. The number of ether oxygens (including phenoxy) is 1. The molecule has 0 fully saturated rings. The maximum Gasteiger partial charge on any atom is 0.328 e.